The van der Waals surface area contributed by atoms with Gasteiger partial charge in [0.15, 0.2) is 17.3 Å². The normalized spacial score (nSPS) is 11.8. The molecule has 1 rings (SSSR count). The molecule has 0 N–H and O–H groups in total. The second-order valence-corrected chi connectivity index (χ2v) is 3.46. The number of carbonyl (C=O) groups excluding carboxylic acids is 2. The summed E-state index contributed by atoms with van der Waals surface area (Å²) in [4.78, 5) is 23.0. The third kappa shape index (κ3) is 2.81. The standard InChI is InChI=1S/C12H13FO4/c1-7(12(15)17-3)11(14)8-4-5-10(16-2)9(13)6-8/h4-7H,1-3H3. The fraction of sp³-hybridized carbons (Fsp3) is 0.333. The molecular weight excluding hydrogens is 227 g/mol. The average Bonchev–Trinajstić information content (AvgIpc) is 2.35. The second-order valence-electron chi connectivity index (χ2n) is 3.46. The Bertz CT molecular complexity index is 442. The Morgan fingerprint density at radius 2 is 1.94 bits per heavy atom. The highest BCUT2D eigenvalue weighted by molar-refractivity contribution is 6.08. The van der Waals surface area contributed by atoms with Gasteiger partial charge in [0.1, 0.15) is 5.92 Å². The Kier molecular flexibility index (Phi) is 4.20. The number of hydrogen-bond donors (Lipinski definition) is 0. The Hall–Kier alpha value is -1.91. The summed E-state index contributed by atoms with van der Waals surface area (Å²) in [6, 6.07) is 3.79. The number of carbonyl (C=O) groups is 2. The van der Waals surface area contributed by atoms with Crippen LogP contribution in [0.3, 0.4) is 0 Å². The third-order valence-electron chi connectivity index (χ3n) is 2.38. The molecule has 0 saturated carbocycles. The van der Waals surface area contributed by atoms with Crippen molar-refractivity contribution in [2.45, 2.75) is 6.92 Å². The fourth-order valence-electron chi connectivity index (χ4n) is 1.35. The van der Waals surface area contributed by atoms with Crippen LogP contribution < -0.4 is 4.74 Å². The first kappa shape index (κ1) is 13.2. The van der Waals surface area contributed by atoms with Gasteiger partial charge in [-0.3, -0.25) is 9.59 Å². The van der Waals surface area contributed by atoms with Crippen LogP contribution in [0, 0.1) is 11.7 Å². The first-order valence-electron chi connectivity index (χ1n) is 4.96. The molecule has 1 unspecified atom stereocenters. The molecule has 1 aromatic rings. The van der Waals surface area contributed by atoms with Gasteiger partial charge in [0.2, 0.25) is 0 Å². The highest BCUT2D eigenvalue weighted by Gasteiger charge is 2.24. The van der Waals surface area contributed by atoms with Crippen molar-refractivity contribution in [3.63, 3.8) is 0 Å². The Labute approximate surface area is 98.3 Å². The van der Waals surface area contributed by atoms with Crippen LogP contribution in [0.4, 0.5) is 4.39 Å². The van der Waals surface area contributed by atoms with Crippen LogP contribution in [0.25, 0.3) is 0 Å². The molecule has 0 aliphatic heterocycles. The molecule has 1 atom stereocenters. The van der Waals surface area contributed by atoms with Gasteiger partial charge in [-0.1, -0.05) is 0 Å². The van der Waals surface area contributed by atoms with Crippen LogP contribution >= 0.6 is 0 Å². The molecule has 0 spiro atoms. The third-order valence-corrected chi connectivity index (χ3v) is 2.38. The van der Waals surface area contributed by atoms with E-state index >= 15 is 0 Å². The molecule has 0 saturated heterocycles. The molecule has 0 aliphatic carbocycles. The van der Waals surface area contributed by atoms with Gasteiger partial charge < -0.3 is 9.47 Å². The molecule has 1 aromatic carbocycles. The van der Waals surface area contributed by atoms with Crippen LogP contribution in [-0.4, -0.2) is 26.0 Å². The van der Waals surface area contributed by atoms with Crippen LogP contribution in [-0.2, 0) is 9.53 Å². The Morgan fingerprint density at radius 1 is 1.29 bits per heavy atom. The molecule has 0 fully saturated rings. The molecule has 0 bridgehead atoms. The van der Waals surface area contributed by atoms with Gasteiger partial charge in [-0.2, -0.15) is 0 Å². The van der Waals surface area contributed by atoms with Gasteiger partial charge in [0, 0.05) is 5.56 Å². The van der Waals surface area contributed by atoms with Crippen molar-refractivity contribution in [2.75, 3.05) is 14.2 Å². The predicted molar refractivity (Wildman–Crippen MR) is 58.5 cm³/mol. The lowest BCUT2D eigenvalue weighted by molar-refractivity contribution is -0.143. The minimum Gasteiger partial charge on any atom is -0.494 e. The number of benzene rings is 1. The molecule has 4 nitrogen and oxygen atoms in total. The molecule has 92 valence electrons. The van der Waals surface area contributed by atoms with E-state index in [1.165, 1.54) is 33.3 Å². The summed E-state index contributed by atoms with van der Waals surface area (Å²) in [7, 11) is 2.53. The number of esters is 1. The number of halogens is 1. The summed E-state index contributed by atoms with van der Waals surface area (Å²) in [6.45, 7) is 1.41. The summed E-state index contributed by atoms with van der Waals surface area (Å²) in [5.74, 6) is -2.68. The number of Topliss-reactive ketones (excluding diaryl/α,β-unsaturated/α-hetero) is 1. The van der Waals surface area contributed by atoms with Crippen molar-refractivity contribution >= 4 is 11.8 Å². The summed E-state index contributed by atoms with van der Waals surface area (Å²) >= 11 is 0. The van der Waals surface area contributed by atoms with Gasteiger partial charge in [-0.25, -0.2) is 4.39 Å². The van der Waals surface area contributed by atoms with Crippen molar-refractivity contribution in [3.05, 3.63) is 29.6 Å². The monoisotopic (exact) mass is 240 g/mol. The average molecular weight is 240 g/mol. The highest BCUT2D eigenvalue weighted by atomic mass is 19.1. The number of ether oxygens (including phenoxy) is 2. The van der Waals surface area contributed by atoms with E-state index in [2.05, 4.69) is 4.74 Å². The van der Waals surface area contributed by atoms with Gasteiger partial charge in [0.05, 0.1) is 14.2 Å². The van der Waals surface area contributed by atoms with Crippen LogP contribution in [0.1, 0.15) is 17.3 Å². The maximum absolute atomic E-state index is 13.4. The topological polar surface area (TPSA) is 52.6 Å². The number of methoxy groups -OCH3 is 2. The maximum atomic E-state index is 13.4. The molecule has 0 amide bonds. The summed E-state index contributed by atoms with van der Waals surface area (Å²) < 4.78 is 22.5. The lowest BCUT2D eigenvalue weighted by atomic mass is 9.99. The van der Waals surface area contributed by atoms with E-state index in [-0.39, 0.29) is 11.3 Å². The molecule has 0 aliphatic rings. The molecular formula is C12H13FO4. The van der Waals surface area contributed by atoms with E-state index in [0.29, 0.717) is 0 Å². The van der Waals surface area contributed by atoms with Gasteiger partial charge in [-0.05, 0) is 25.1 Å². The minimum absolute atomic E-state index is 0.0484. The molecule has 0 heterocycles. The highest BCUT2D eigenvalue weighted by Crippen LogP contribution is 2.19. The number of ketones is 1. The van der Waals surface area contributed by atoms with E-state index in [1.54, 1.807) is 0 Å². The minimum atomic E-state index is -0.951. The molecule has 0 aromatic heterocycles. The Balaban J connectivity index is 2.97. The van der Waals surface area contributed by atoms with E-state index in [9.17, 15) is 14.0 Å². The quantitative estimate of drug-likeness (QED) is 0.457. The summed E-state index contributed by atoms with van der Waals surface area (Å²) in [5.41, 5.74) is 0.112. The smallest absolute Gasteiger partial charge is 0.316 e. The van der Waals surface area contributed by atoms with Crippen molar-refractivity contribution in [1.82, 2.24) is 0 Å². The van der Waals surface area contributed by atoms with E-state index in [4.69, 9.17) is 4.74 Å². The predicted octanol–water partition coefficient (Wildman–Crippen LogP) is 1.83. The lowest BCUT2D eigenvalue weighted by Crippen LogP contribution is -2.22. The fourth-order valence-corrected chi connectivity index (χ4v) is 1.35. The zero-order valence-corrected chi connectivity index (χ0v) is 9.82. The molecule has 5 heteroatoms. The van der Waals surface area contributed by atoms with E-state index in [0.717, 1.165) is 6.07 Å². The zero-order chi connectivity index (χ0) is 13.0. The number of rotatable bonds is 4. The summed E-state index contributed by atoms with van der Waals surface area (Å²) in [6.07, 6.45) is 0. The van der Waals surface area contributed by atoms with Crippen molar-refractivity contribution in [3.8, 4) is 5.75 Å². The van der Waals surface area contributed by atoms with Crippen molar-refractivity contribution in [1.29, 1.82) is 0 Å². The second kappa shape index (κ2) is 5.43. The first-order chi connectivity index (χ1) is 8.01. The van der Waals surface area contributed by atoms with Crippen LogP contribution in [0.2, 0.25) is 0 Å². The molecule has 0 radical (unpaired) electrons. The lowest BCUT2D eigenvalue weighted by Gasteiger charge is -2.09. The van der Waals surface area contributed by atoms with E-state index in [1.807, 2.05) is 0 Å². The zero-order valence-electron chi connectivity index (χ0n) is 9.82. The van der Waals surface area contributed by atoms with Gasteiger partial charge in [0.25, 0.3) is 0 Å². The van der Waals surface area contributed by atoms with Crippen LogP contribution in [0.15, 0.2) is 18.2 Å². The molecule has 17 heavy (non-hydrogen) atoms. The summed E-state index contributed by atoms with van der Waals surface area (Å²) in [5, 5.41) is 0. The SMILES string of the molecule is COC(=O)C(C)C(=O)c1ccc(OC)c(F)c1. The van der Waals surface area contributed by atoms with Crippen molar-refractivity contribution in [2.24, 2.45) is 5.92 Å². The first-order valence-corrected chi connectivity index (χ1v) is 4.96. The Morgan fingerprint density at radius 3 is 2.41 bits per heavy atom. The van der Waals surface area contributed by atoms with Crippen LogP contribution in [0.5, 0.6) is 5.75 Å². The van der Waals surface area contributed by atoms with Gasteiger partial charge in [-0.15, -0.1) is 0 Å². The largest absolute Gasteiger partial charge is 0.494 e. The van der Waals surface area contributed by atoms with E-state index < -0.39 is 23.5 Å². The number of hydrogen-bond acceptors (Lipinski definition) is 4. The van der Waals surface area contributed by atoms with Crippen molar-refractivity contribution < 1.29 is 23.5 Å². The van der Waals surface area contributed by atoms with Gasteiger partial charge >= 0.3 is 5.97 Å². The maximum Gasteiger partial charge on any atom is 0.316 e.